The predicted molar refractivity (Wildman–Crippen MR) is 74.2 cm³/mol. The van der Waals surface area contributed by atoms with Crippen LogP contribution in [0.1, 0.15) is 0 Å². The Balaban J connectivity index is 2.29. The van der Waals surface area contributed by atoms with E-state index in [-0.39, 0.29) is 11.8 Å². The molecule has 1 aliphatic heterocycles. The smallest absolute Gasteiger partial charge is 0.306 e. The first-order valence-electron chi connectivity index (χ1n) is 5.70. The highest BCUT2D eigenvalue weighted by atomic mass is 79.9. The molecule has 5 nitrogen and oxygen atoms in total. The normalized spacial score (nSPS) is 21.6. The second kappa shape index (κ2) is 4.40. The van der Waals surface area contributed by atoms with Crippen molar-refractivity contribution >= 4 is 33.0 Å². The molecule has 3 rings (SSSR count). The van der Waals surface area contributed by atoms with Crippen LogP contribution in [0.2, 0.25) is 0 Å². The van der Waals surface area contributed by atoms with Gasteiger partial charge in [-0.05, 0) is 34.1 Å². The van der Waals surface area contributed by atoms with Gasteiger partial charge in [-0.3, -0.25) is 10.0 Å². The predicted octanol–water partition coefficient (Wildman–Crippen LogP) is 2.65. The molecule has 1 aliphatic carbocycles. The summed E-state index contributed by atoms with van der Waals surface area (Å²) in [7, 11) is 1.56. The van der Waals surface area contributed by atoms with Crippen molar-refractivity contribution < 1.29 is 19.9 Å². The van der Waals surface area contributed by atoms with Gasteiger partial charge in [-0.25, -0.2) is 5.06 Å². The van der Waals surface area contributed by atoms with E-state index in [0.717, 1.165) is 10.4 Å². The molecule has 0 saturated carbocycles. The van der Waals surface area contributed by atoms with E-state index in [9.17, 15) is 10.3 Å². The van der Waals surface area contributed by atoms with Crippen molar-refractivity contribution in [2.45, 2.75) is 6.04 Å². The number of hydroxylamine groups is 1. The zero-order chi connectivity index (χ0) is 13.6. The molecule has 0 bridgehead atoms. The summed E-state index contributed by atoms with van der Waals surface area (Å²) >= 11 is 3.25. The minimum Gasteiger partial charge on any atom is -0.502 e. The highest BCUT2D eigenvalue weighted by Crippen LogP contribution is 2.37. The number of aliphatic hydroxyl groups is 1. The number of hydrogen-bond donors (Lipinski definition) is 2. The minimum atomic E-state index is -0.383. The van der Waals surface area contributed by atoms with Crippen LogP contribution < -0.4 is 5.06 Å². The van der Waals surface area contributed by atoms with Crippen LogP contribution in [0.4, 0.5) is 11.4 Å². The van der Waals surface area contributed by atoms with Crippen LogP contribution in [-0.2, 0) is 4.84 Å². The maximum atomic E-state index is 10.3. The van der Waals surface area contributed by atoms with Crippen LogP contribution in [0, 0.1) is 0 Å². The average Bonchev–Trinajstić information content (AvgIpc) is 2.43. The van der Waals surface area contributed by atoms with E-state index in [1.807, 2.05) is 24.3 Å². The number of hydrogen-bond acceptors (Lipinski definition) is 4. The maximum absolute atomic E-state index is 10.3. The van der Waals surface area contributed by atoms with Crippen molar-refractivity contribution in [1.82, 2.24) is 0 Å². The number of allylic oxidation sites excluding steroid dienone is 2. The van der Waals surface area contributed by atoms with Crippen molar-refractivity contribution in [3.63, 3.8) is 0 Å². The topological polar surface area (TPSA) is 55.9 Å². The summed E-state index contributed by atoms with van der Waals surface area (Å²) in [6, 6.07) is 6.89. The van der Waals surface area contributed by atoms with Crippen LogP contribution in [0.5, 0.6) is 0 Å². The molecule has 1 atom stereocenters. The lowest BCUT2D eigenvalue weighted by atomic mass is 10.0. The summed E-state index contributed by atoms with van der Waals surface area (Å²) in [5, 5.41) is 22.1. The third-order valence-corrected chi connectivity index (χ3v) is 3.84. The zero-order valence-corrected chi connectivity index (χ0v) is 11.7. The van der Waals surface area contributed by atoms with Crippen LogP contribution in [0.3, 0.4) is 0 Å². The van der Waals surface area contributed by atoms with Crippen molar-refractivity contribution in [3.05, 3.63) is 46.7 Å². The number of anilines is 1. The van der Waals surface area contributed by atoms with Gasteiger partial charge in [-0.15, -0.1) is 0 Å². The fraction of sp³-hybridized carbons (Fsp3) is 0.154. The van der Waals surface area contributed by atoms with Crippen molar-refractivity contribution in [3.8, 4) is 0 Å². The monoisotopic (exact) mass is 323 g/mol. The number of nitrogens with zero attached hydrogens (tertiary/aromatic N) is 2. The van der Waals surface area contributed by atoms with E-state index >= 15 is 0 Å². The first-order chi connectivity index (χ1) is 9.15. The van der Waals surface area contributed by atoms with Crippen molar-refractivity contribution in [2.24, 2.45) is 0 Å². The van der Waals surface area contributed by atoms with Crippen LogP contribution in [0.15, 0.2) is 46.7 Å². The van der Waals surface area contributed by atoms with Gasteiger partial charge in [0.2, 0.25) is 5.76 Å². The van der Waals surface area contributed by atoms with Gasteiger partial charge < -0.3 is 5.11 Å². The number of benzene rings is 1. The first kappa shape index (κ1) is 12.3. The number of para-hydroxylation sites is 2. The van der Waals surface area contributed by atoms with Gasteiger partial charge in [0.1, 0.15) is 5.69 Å². The number of aliphatic hydroxyl groups excluding tert-OH is 1. The first-order valence-corrected chi connectivity index (χ1v) is 6.50. The Hall–Kier alpha value is -1.79. The van der Waals surface area contributed by atoms with E-state index in [1.165, 1.54) is 0 Å². The zero-order valence-electron chi connectivity index (χ0n) is 10.1. The van der Waals surface area contributed by atoms with Gasteiger partial charge in [0.25, 0.3) is 5.69 Å². The summed E-state index contributed by atoms with van der Waals surface area (Å²) in [5.41, 5.74) is 1.64. The summed E-state index contributed by atoms with van der Waals surface area (Å²) in [5.74, 6) is -0.00782. The van der Waals surface area contributed by atoms with E-state index in [1.54, 1.807) is 24.3 Å². The molecule has 1 unspecified atom stereocenters. The Bertz CT molecular complexity index is 637. The molecule has 1 aromatic rings. The highest BCUT2D eigenvalue weighted by molar-refractivity contribution is 9.11. The second-order valence-electron chi connectivity index (χ2n) is 4.19. The van der Waals surface area contributed by atoms with Crippen LogP contribution in [0.25, 0.3) is 0 Å². The molecule has 0 aromatic heterocycles. The molecule has 2 aliphatic rings. The fourth-order valence-corrected chi connectivity index (χ4v) is 2.70. The molecular weight excluding hydrogens is 312 g/mol. The number of rotatable bonds is 1. The summed E-state index contributed by atoms with van der Waals surface area (Å²) in [6.45, 7) is 0. The Morgan fingerprint density at radius 3 is 2.84 bits per heavy atom. The largest absolute Gasteiger partial charge is 0.502 e. The van der Waals surface area contributed by atoms with Gasteiger partial charge >= 0.3 is 5.71 Å². The molecule has 0 saturated heterocycles. The Morgan fingerprint density at radius 2 is 2.11 bits per heavy atom. The van der Waals surface area contributed by atoms with E-state index in [2.05, 4.69) is 15.9 Å². The molecule has 98 valence electrons. The van der Waals surface area contributed by atoms with Crippen molar-refractivity contribution in [2.75, 3.05) is 12.2 Å². The minimum absolute atomic E-state index is 0.00782. The molecule has 6 heteroatoms. The summed E-state index contributed by atoms with van der Waals surface area (Å²) in [4.78, 5) is 5.39. The molecule has 0 amide bonds. The van der Waals surface area contributed by atoms with Gasteiger partial charge in [-0.1, -0.05) is 12.1 Å². The molecule has 0 spiro atoms. The summed E-state index contributed by atoms with van der Waals surface area (Å²) < 4.78 is 1.52. The molecular formula is C13H12BrN2O3+. The molecule has 0 fully saturated rings. The lowest BCUT2D eigenvalue weighted by molar-refractivity contribution is -0.714. The average molecular weight is 324 g/mol. The molecule has 19 heavy (non-hydrogen) atoms. The Kier molecular flexibility index (Phi) is 2.83. The highest BCUT2D eigenvalue weighted by Gasteiger charge is 2.44. The number of fused-ring (bicyclic) bond motifs is 2. The molecule has 1 aromatic carbocycles. The quantitative estimate of drug-likeness (QED) is 0.616. The molecule has 1 heterocycles. The molecule has 2 N–H and O–H groups in total. The van der Waals surface area contributed by atoms with E-state index in [0.29, 0.717) is 15.9 Å². The van der Waals surface area contributed by atoms with E-state index < -0.39 is 0 Å². The van der Waals surface area contributed by atoms with Gasteiger partial charge in [0.15, 0.2) is 6.04 Å². The van der Waals surface area contributed by atoms with Gasteiger partial charge in [0.05, 0.1) is 11.6 Å². The Morgan fingerprint density at radius 1 is 1.37 bits per heavy atom. The lowest BCUT2D eigenvalue weighted by Crippen LogP contribution is -2.47. The lowest BCUT2D eigenvalue weighted by Gasteiger charge is -2.31. The third kappa shape index (κ3) is 1.67. The Labute approximate surface area is 118 Å². The summed E-state index contributed by atoms with van der Waals surface area (Å²) in [6.07, 6.45) is 3.57. The fourth-order valence-electron chi connectivity index (χ4n) is 2.34. The van der Waals surface area contributed by atoms with Crippen LogP contribution >= 0.6 is 15.9 Å². The van der Waals surface area contributed by atoms with Gasteiger partial charge in [-0.2, -0.15) is 0 Å². The SMILES string of the molecule is CON1c2ccccc2[N+](O)=C2C(O)=C(Br)C=CC21. The number of halogens is 1. The third-order valence-electron chi connectivity index (χ3n) is 3.20. The second-order valence-corrected chi connectivity index (χ2v) is 5.05. The maximum Gasteiger partial charge on any atom is 0.306 e. The van der Waals surface area contributed by atoms with Crippen LogP contribution in [-0.4, -0.2) is 33.9 Å². The molecule has 0 radical (unpaired) electrons. The van der Waals surface area contributed by atoms with Crippen molar-refractivity contribution in [1.29, 1.82) is 0 Å². The van der Waals surface area contributed by atoms with E-state index in [4.69, 9.17) is 4.84 Å². The standard InChI is InChI=1S/C13H11BrN2O3/c1-19-16-10-5-3-2-4-9(10)15(18)12-11(16)7-6-8(14)13(12)17/h2-7,11H,1H3,(H-,17,18)/p+1. The van der Waals surface area contributed by atoms with Gasteiger partial charge in [0, 0.05) is 10.8 Å².